The van der Waals surface area contributed by atoms with Crippen LogP contribution < -0.4 is 0 Å². The van der Waals surface area contributed by atoms with E-state index in [2.05, 4.69) is 25.7 Å². The first-order chi connectivity index (χ1) is 8.29. The van der Waals surface area contributed by atoms with Crippen LogP contribution in [-0.2, 0) is 9.53 Å². The summed E-state index contributed by atoms with van der Waals surface area (Å²) >= 11 is 0. The standard InChI is InChI=1S/C14H27NO3/c1-5-14(12(16)17)6-8-15(9-7-14)10-11-18-13(2,3)4/h5-11H2,1-4H3,(H,16,17). The van der Waals surface area contributed by atoms with Gasteiger partial charge in [0, 0.05) is 6.54 Å². The second-order valence-corrected chi connectivity index (χ2v) is 6.24. The number of carboxylic acid groups (broad SMARTS) is 1. The van der Waals surface area contributed by atoms with E-state index in [-0.39, 0.29) is 5.60 Å². The monoisotopic (exact) mass is 257 g/mol. The van der Waals surface area contributed by atoms with E-state index in [0.717, 1.165) is 45.5 Å². The lowest BCUT2D eigenvalue weighted by Crippen LogP contribution is -2.45. The lowest BCUT2D eigenvalue weighted by molar-refractivity contribution is -0.152. The number of carbonyl (C=O) groups is 1. The minimum atomic E-state index is -0.629. The zero-order valence-electron chi connectivity index (χ0n) is 12.2. The number of piperidine rings is 1. The fourth-order valence-corrected chi connectivity index (χ4v) is 2.40. The van der Waals surface area contributed by atoms with E-state index in [1.807, 2.05) is 6.92 Å². The summed E-state index contributed by atoms with van der Waals surface area (Å²) in [6, 6.07) is 0. The molecule has 18 heavy (non-hydrogen) atoms. The van der Waals surface area contributed by atoms with Crippen LogP contribution in [-0.4, -0.2) is 47.8 Å². The zero-order valence-corrected chi connectivity index (χ0v) is 12.2. The highest BCUT2D eigenvalue weighted by atomic mass is 16.5. The number of rotatable bonds is 5. The SMILES string of the molecule is CCC1(C(=O)O)CCN(CCOC(C)(C)C)CC1. The second kappa shape index (κ2) is 6.02. The van der Waals surface area contributed by atoms with Gasteiger partial charge in [0.2, 0.25) is 0 Å². The Balaban J connectivity index is 2.33. The molecule has 1 aliphatic rings. The van der Waals surface area contributed by atoms with Crippen LogP contribution in [0.1, 0.15) is 47.0 Å². The molecule has 0 aromatic carbocycles. The Morgan fingerprint density at radius 3 is 2.28 bits per heavy atom. The van der Waals surface area contributed by atoms with Crippen molar-refractivity contribution in [2.45, 2.75) is 52.6 Å². The normalized spacial score (nSPS) is 20.9. The van der Waals surface area contributed by atoms with Gasteiger partial charge in [0.1, 0.15) is 0 Å². The van der Waals surface area contributed by atoms with Crippen molar-refractivity contribution >= 4 is 5.97 Å². The first kappa shape index (κ1) is 15.4. The molecule has 0 saturated carbocycles. The smallest absolute Gasteiger partial charge is 0.309 e. The van der Waals surface area contributed by atoms with Gasteiger partial charge in [0.25, 0.3) is 0 Å². The number of nitrogens with zero attached hydrogens (tertiary/aromatic N) is 1. The molecule has 1 aliphatic heterocycles. The number of aliphatic carboxylic acids is 1. The summed E-state index contributed by atoms with van der Waals surface area (Å²) in [5, 5.41) is 9.31. The Labute approximate surface area is 110 Å². The number of hydrogen-bond donors (Lipinski definition) is 1. The maximum atomic E-state index is 11.3. The maximum Gasteiger partial charge on any atom is 0.309 e. The zero-order chi connectivity index (χ0) is 13.8. The van der Waals surface area contributed by atoms with E-state index in [0.29, 0.717) is 0 Å². The molecule has 1 heterocycles. The molecule has 0 atom stereocenters. The van der Waals surface area contributed by atoms with Crippen molar-refractivity contribution < 1.29 is 14.6 Å². The summed E-state index contributed by atoms with van der Waals surface area (Å²) in [5.41, 5.74) is -0.578. The summed E-state index contributed by atoms with van der Waals surface area (Å²) in [6.07, 6.45) is 2.25. The topological polar surface area (TPSA) is 49.8 Å². The van der Waals surface area contributed by atoms with Crippen LogP contribution in [0.25, 0.3) is 0 Å². The van der Waals surface area contributed by atoms with Gasteiger partial charge in [-0.3, -0.25) is 4.79 Å². The van der Waals surface area contributed by atoms with Gasteiger partial charge in [0.05, 0.1) is 17.6 Å². The molecule has 0 bridgehead atoms. The fourth-order valence-electron chi connectivity index (χ4n) is 2.40. The summed E-state index contributed by atoms with van der Waals surface area (Å²) in [6.45, 7) is 11.5. The lowest BCUT2D eigenvalue weighted by atomic mass is 9.76. The molecule has 1 saturated heterocycles. The Morgan fingerprint density at radius 2 is 1.89 bits per heavy atom. The fraction of sp³-hybridized carbons (Fsp3) is 0.929. The minimum absolute atomic E-state index is 0.0932. The van der Waals surface area contributed by atoms with E-state index in [9.17, 15) is 9.90 Å². The van der Waals surface area contributed by atoms with Gasteiger partial charge in [0.15, 0.2) is 0 Å². The molecule has 4 heteroatoms. The molecule has 1 N–H and O–H groups in total. The number of hydrogen-bond acceptors (Lipinski definition) is 3. The van der Waals surface area contributed by atoms with Crippen molar-refractivity contribution in [1.29, 1.82) is 0 Å². The Morgan fingerprint density at radius 1 is 1.33 bits per heavy atom. The van der Waals surface area contributed by atoms with Gasteiger partial charge in [-0.1, -0.05) is 6.92 Å². The van der Waals surface area contributed by atoms with Crippen molar-refractivity contribution in [2.75, 3.05) is 26.2 Å². The molecule has 0 aromatic heterocycles. The predicted octanol–water partition coefficient (Wildman–Crippen LogP) is 2.38. The van der Waals surface area contributed by atoms with E-state index >= 15 is 0 Å². The Kier molecular flexibility index (Phi) is 5.17. The molecular formula is C14H27NO3. The van der Waals surface area contributed by atoms with Crippen LogP contribution in [0, 0.1) is 5.41 Å². The molecular weight excluding hydrogens is 230 g/mol. The van der Waals surface area contributed by atoms with Crippen molar-refractivity contribution in [3.63, 3.8) is 0 Å². The Bertz CT molecular complexity index is 275. The molecule has 0 unspecified atom stereocenters. The van der Waals surface area contributed by atoms with Crippen LogP contribution in [0.2, 0.25) is 0 Å². The first-order valence-corrected chi connectivity index (χ1v) is 6.89. The summed E-state index contributed by atoms with van der Waals surface area (Å²) in [4.78, 5) is 13.6. The van der Waals surface area contributed by atoms with Gasteiger partial charge < -0.3 is 14.7 Å². The summed E-state index contributed by atoms with van der Waals surface area (Å²) in [5.74, 6) is -0.629. The van der Waals surface area contributed by atoms with Crippen LogP contribution in [0.3, 0.4) is 0 Å². The van der Waals surface area contributed by atoms with Gasteiger partial charge in [-0.15, -0.1) is 0 Å². The third-order valence-corrected chi connectivity index (χ3v) is 3.89. The van der Waals surface area contributed by atoms with Crippen LogP contribution >= 0.6 is 0 Å². The molecule has 1 fully saturated rings. The van der Waals surface area contributed by atoms with Crippen LogP contribution in [0.4, 0.5) is 0 Å². The number of likely N-dealkylation sites (tertiary alicyclic amines) is 1. The van der Waals surface area contributed by atoms with Crippen molar-refractivity contribution in [3.05, 3.63) is 0 Å². The van der Waals surface area contributed by atoms with Gasteiger partial charge in [-0.2, -0.15) is 0 Å². The molecule has 0 aromatic rings. The van der Waals surface area contributed by atoms with Gasteiger partial charge in [-0.05, 0) is 53.1 Å². The molecule has 106 valence electrons. The molecule has 1 rings (SSSR count). The Hall–Kier alpha value is -0.610. The highest BCUT2D eigenvalue weighted by Crippen LogP contribution is 2.34. The van der Waals surface area contributed by atoms with E-state index in [1.54, 1.807) is 0 Å². The van der Waals surface area contributed by atoms with Crippen LogP contribution in [0.15, 0.2) is 0 Å². The van der Waals surface area contributed by atoms with E-state index in [1.165, 1.54) is 0 Å². The van der Waals surface area contributed by atoms with E-state index < -0.39 is 11.4 Å². The van der Waals surface area contributed by atoms with Crippen molar-refractivity contribution in [2.24, 2.45) is 5.41 Å². The third kappa shape index (κ3) is 4.25. The maximum absolute atomic E-state index is 11.3. The largest absolute Gasteiger partial charge is 0.481 e. The highest BCUT2D eigenvalue weighted by molar-refractivity contribution is 5.74. The molecule has 0 spiro atoms. The molecule has 0 aliphatic carbocycles. The third-order valence-electron chi connectivity index (χ3n) is 3.89. The number of carboxylic acids is 1. The van der Waals surface area contributed by atoms with Gasteiger partial charge in [-0.25, -0.2) is 0 Å². The van der Waals surface area contributed by atoms with Crippen molar-refractivity contribution in [1.82, 2.24) is 4.90 Å². The van der Waals surface area contributed by atoms with E-state index in [4.69, 9.17) is 4.74 Å². The number of ether oxygens (including phenoxy) is 1. The second-order valence-electron chi connectivity index (χ2n) is 6.24. The van der Waals surface area contributed by atoms with Crippen LogP contribution in [0.5, 0.6) is 0 Å². The predicted molar refractivity (Wildman–Crippen MR) is 71.7 cm³/mol. The summed E-state index contributed by atoms with van der Waals surface area (Å²) < 4.78 is 5.70. The summed E-state index contributed by atoms with van der Waals surface area (Å²) in [7, 11) is 0. The quantitative estimate of drug-likeness (QED) is 0.821. The van der Waals surface area contributed by atoms with Crippen molar-refractivity contribution in [3.8, 4) is 0 Å². The average Bonchev–Trinajstić information content (AvgIpc) is 2.28. The minimum Gasteiger partial charge on any atom is -0.481 e. The molecule has 4 nitrogen and oxygen atoms in total. The lowest BCUT2D eigenvalue weighted by Gasteiger charge is -2.38. The average molecular weight is 257 g/mol. The highest BCUT2D eigenvalue weighted by Gasteiger charge is 2.39. The molecule has 0 radical (unpaired) electrons. The van der Waals surface area contributed by atoms with Gasteiger partial charge >= 0.3 is 5.97 Å². The first-order valence-electron chi connectivity index (χ1n) is 6.89. The molecule has 0 amide bonds.